The number of carbonyl (C=O) groups excluding carboxylic acids is 2. The maximum Gasteiger partial charge on any atom is 0.303 e. The SMILES string of the molecule is COCC1CCCN1CC1OC(c2ccc(-c3ccccc3CNC(=O)C(C)OC(C)=O)cc2)OC(c2ccc(CO)cc2)C1C. The van der Waals surface area contributed by atoms with Crippen LogP contribution in [0.15, 0.2) is 72.8 Å². The van der Waals surface area contributed by atoms with Crippen molar-refractivity contribution in [1.29, 1.82) is 0 Å². The summed E-state index contributed by atoms with van der Waals surface area (Å²) in [6.07, 6.45) is 0.616. The first-order chi connectivity index (χ1) is 22.3. The van der Waals surface area contributed by atoms with Crippen LogP contribution in [0.4, 0.5) is 0 Å². The zero-order valence-electron chi connectivity index (χ0n) is 27.2. The number of esters is 1. The fourth-order valence-corrected chi connectivity index (χ4v) is 6.48. The minimum absolute atomic E-state index is 0.000811. The second kappa shape index (κ2) is 15.8. The number of ether oxygens (including phenoxy) is 4. The molecule has 1 amide bonds. The van der Waals surface area contributed by atoms with Gasteiger partial charge in [-0.05, 0) is 54.1 Å². The summed E-state index contributed by atoms with van der Waals surface area (Å²) in [5.74, 6) is -0.740. The first kappa shape index (κ1) is 33.8. The van der Waals surface area contributed by atoms with Gasteiger partial charge < -0.3 is 29.4 Å². The van der Waals surface area contributed by atoms with E-state index in [-0.39, 0.29) is 30.6 Å². The average molecular weight is 631 g/mol. The third-order valence-corrected chi connectivity index (χ3v) is 9.07. The number of amides is 1. The van der Waals surface area contributed by atoms with Crippen molar-refractivity contribution in [3.63, 3.8) is 0 Å². The average Bonchev–Trinajstić information content (AvgIpc) is 3.51. The fourth-order valence-electron chi connectivity index (χ4n) is 6.48. The fraction of sp³-hybridized carbons (Fsp3) is 0.459. The van der Waals surface area contributed by atoms with E-state index in [1.54, 1.807) is 14.0 Å². The lowest BCUT2D eigenvalue weighted by molar-refractivity contribution is -0.276. The number of rotatable bonds is 12. The van der Waals surface area contributed by atoms with Crippen LogP contribution in [-0.4, -0.2) is 66.9 Å². The maximum atomic E-state index is 12.5. The summed E-state index contributed by atoms with van der Waals surface area (Å²) in [6.45, 7) is 7.87. The molecule has 9 heteroatoms. The Balaban J connectivity index is 1.35. The molecule has 6 unspecified atom stereocenters. The van der Waals surface area contributed by atoms with E-state index >= 15 is 0 Å². The molecule has 6 atom stereocenters. The van der Waals surface area contributed by atoms with Crippen LogP contribution in [0.5, 0.6) is 0 Å². The molecule has 0 spiro atoms. The third-order valence-electron chi connectivity index (χ3n) is 9.07. The molecule has 246 valence electrons. The van der Waals surface area contributed by atoms with Gasteiger partial charge in [-0.2, -0.15) is 0 Å². The Morgan fingerprint density at radius 1 is 1.02 bits per heavy atom. The van der Waals surface area contributed by atoms with Crippen LogP contribution < -0.4 is 5.32 Å². The van der Waals surface area contributed by atoms with Crippen LogP contribution in [0.3, 0.4) is 0 Å². The third kappa shape index (κ3) is 8.21. The number of benzene rings is 3. The summed E-state index contributed by atoms with van der Waals surface area (Å²) in [4.78, 5) is 26.2. The molecule has 2 heterocycles. The molecule has 0 aliphatic carbocycles. The van der Waals surface area contributed by atoms with E-state index in [1.807, 2.05) is 60.7 Å². The zero-order chi connectivity index (χ0) is 32.6. The molecule has 3 aromatic carbocycles. The van der Waals surface area contributed by atoms with Crippen LogP contribution in [0.25, 0.3) is 11.1 Å². The van der Waals surface area contributed by atoms with Crippen molar-refractivity contribution in [2.24, 2.45) is 5.92 Å². The van der Waals surface area contributed by atoms with Gasteiger partial charge in [0.1, 0.15) is 0 Å². The Hall–Kier alpha value is -3.60. The largest absolute Gasteiger partial charge is 0.453 e. The lowest BCUT2D eigenvalue weighted by atomic mass is 9.89. The number of methoxy groups -OCH3 is 1. The normalized spacial score (nSPS) is 24.0. The number of aliphatic hydroxyl groups excluding tert-OH is 1. The van der Waals surface area contributed by atoms with E-state index in [4.69, 9.17) is 18.9 Å². The first-order valence-electron chi connectivity index (χ1n) is 16.1. The minimum atomic E-state index is -0.862. The molecule has 0 aromatic heterocycles. The van der Waals surface area contributed by atoms with Crippen LogP contribution in [0, 0.1) is 5.92 Å². The molecule has 46 heavy (non-hydrogen) atoms. The highest BCUT2D eigenvalue weighted by Crippen LogP contribution is 2.42. The predicted molar refractivity (Wildman–Crippen MR) is 174 cm³/mol. The van der Waals surface area contributed by atoms with E-state index in [0.29, 0.717) is 19.2 Å². The number of likely N-dealkylation sites (tertiary alicyclic amines) is 1. The molecule has 3 aromatic rings. The Kier molecular flexibility index (Phi) is 11.6. The van der Waals surface area contributed by atoms with Crippen molar-refractivity contribution in [3.8, 4) is 11.1 Å². The number of aliphatic hydroxyl groups is 1. The number of nitrogens with zero attached hydrogens (tertiary/aromatic N) is 1. The monoisotopic (exact) mass is 630 g/mol. The lowest BCUT2D eigenvalue weighted by Gasteiger charge is -2.43. The van der Waals surface area contributed by atoms with Gasteiger partial charge in [0.2, 0.25) is 0 Å². The molecular weight excluding hydrogens is 584 g/mol. The summed E-state index contributed by atoms with van der Waals surface area (Å²) >= 11 is 0. The van der Waals surface area contributed by atoms with Gasteiger partial charge in [-0.25, -0.2) is 0 Å². The maximum absolute atomic E-state index is 12.5. The van der Waals surface area contributed by atoms with Crippen LogP contribution >= 0.6 is 0 Å². The summed E-state index contributed by atoms with van der Waals surface area (Å²) in [7, 11) is 1.76. The molecule has 0 bridgehead atoms. The van der Waals surface area contributed by atoms with Crippen molar-refractivity contribution in [2.45, 2.75) is 77.4 Å². The van der Waals surface area contributed by atoms with Crippen molar-refractivity contribution in [1.82, 2.24) is 10.2 Å². The molecule has 9 nitrogen and oxygen atoms in total. The van der Waals surface area contributed by atoms with Gasteiger partial charge in [0.25, 0.3) is 5.91 Å². The molecule has 2 fully saturated rings. The molecule has 0 saturated carbocycles. The van der Waals surface area contributed by atoms with Gasteiger partial charge in [-0.1, -0.05) is 79.7 Å². The number of nitrogens with one attached hydrogen (secondary N) is 1. The van der Waals surface area contributed by atoms with E-state index in [2.05, 4.69) is 29.3 Å². The second-order valence-corrected chi connectivity index (χ2v) is 12.3. The van der Waals surface area contributed by atoms with Crippen molar-refractivity contribution >= 4 is 11.9 Å². The van der Waals surface area contributed by atoms with Crippen LogP contribution in [-0.2, 0) is 41.7 Å². The molecule has 2 aliphatic heterocycles. The summed E-state index contributed by atoms with van der Waals surface area (Å²) in [5.41, 5.74) is 5.79. The topological polar surface area (TPSA) is 107 Å². The van der Waals surface area contributed by atoms with E-state index in [9.17, 15) is 14.7 Å². The zero-order valence-corrected chi connectivity index (χ0v) is 27.2. The van der Waals surface area contributed by atoms with Gasteiger partial charge >= 0.3 is 5.97 Å². The van der Waals surface area contributed by atoms with Crippen molar-refractivity contribution < 1.29 is 33.6 Å². The quantitative estimate of drug-likeness (QED) is 0.259. The van der Waals surface area contributed by atoms with Gasteiger partial charge in [-0.15, -0.1) is 0 Å². The predicted octanol–water partition coefficient (Wildman–Crippen LogP) is 5.32. The van der Waals surface area contributed by atoms with Gasteiger partial charge in [0, 0.05) is 44.6 Å². The smallest absolute Gasteiger partial charge is 0.303 e. The second-order valence-electron chi connectivity index (χ2n) is 12.3. The van der Waals surface area contributed by atoms with E-state index in [0.717, 1.165) is 59.3 Å². The standard InChI is InChI=1S/C37H46N2O7/c1-24-34(21-39-19-7-9-32(39)23-43-4)45-37(46-35(24)29-13-11-27(22-40)12-14-29)30-17-15-28(16-18-30)33-10-6-5-8-31(33)20-38-36(42)25(2)44-26(3)41/h5-6,8,10-18,24-25,32,34-35,37,40H,7,9,19-23H2,1-4H3,(H,38,42). The Labute approximate surface area is 271 Å². The molecule has 2 aliphatic rings. The minimum Gasteiger partial charge on any atom is -0.453 e. The Morgan fingerprint density at radius 2 is 1.74 bits per heavy atom. The summed E-state index contributed by atoms with van der Waals surface area (Å²) in [6, 6.07) is 24.5. The molecule has 2 saturated heterocycles. The Bertz CT molecular complexity index is 1440. The van der Waals surface area contributed by atoms with E-state index in [1.165, 1.54) is 6.92 Å². The molecule has 0 radical (unpaired) electrons. The summed E-state index contributed by atoms with van der Waals surface area (Å²) in [5, 5.41) is 12.4. The van der Waals surface area contributed by atoms with Crippen molar-refractivity contribution in [2.75, 3.05) is 26.8 Å². The highest BCUT2D eigenvalue weighted by Gasteiger charge is 2.40. The first-order valence-corrected chi connectivity index (χ1v) is 16.1. The summed E-state index contributed by atoms with van der Waals surface area (Å²) < 4.78 is 23.9. The highest BCUT2D eigenvalue weighted by molar-refractivity contribution is 5.83. The molecule has 5 rings (SSSR count). The number of hydrogen-bond donors (Lipinski definition) is 2. The highest BCUT2D eigenvalue weighted by atomic mass is 16.7. The molecule has 2 N–H and O–H groups in total. The van der Waals surface area contributed by atoms with Gasteiger partial charge in [0.05, 0.1) is 25.4 Å². The van der Waals surface area contributed by atoms with Crippen LogP contribution in [0.1, 0.15) is 68.3 Å². The van der Waals surface area contributed by atoms with Gasteiger partial charge in [-0.3, -0.25) is 14.5 Å². The number of carbonyl (C=O) groups is 2. The van der Waals surface area contributed by atoms with Crippen molar-refractivity contribution in [3.05, 3.63) is 95.1 Å². The lowest BCUT2D eigenvalue weighted by Crippen LogP contribution is -2.46. The van der Waals surface area contributed by atoms with E-state index < -0.39 is 18.4 Å². The van der Waals surface area contributed by atoms with Gasteiger partial charge in [0.15, 0.2) is 12.4 Å². The Morgan fingerprint density at radius 3 is 2.43 bits per heavy atom. The van der Waals surface area contributed by atoms with Crippen LogP contribution in [0.2, 0.25) is 0 Å². The molecular formula is C37H46N2O7. The number of hydrogen-bond acceptors (Lipinski definition) is 8.